The van der Waals surface area contributed by atoms with Crippen molar-refractivity contribution in [1.82, 2.24) is 0 Å². The maximum atomic E-state index is 2.46. The van der Waals surface area contributed by atoms with Crippen LogP contribution in [0.5, 0.6) is 0 Å². The molecular weight excluding hydrogens is 283 g/mol. The van der Waals surface area contributed by atoms with Gasteiger partial charge in [-0.05, 0) is 46.6 Å². The van der Waals surface area contributed by atoms with Gasteiger partial charge in [-0.2, -0.15) is 0 Å². The molecule has 0 spiro atoms. The van der Waals surface area contributed by atoms with E-state index in [4.69, 9.17) is 0 Å². The fraction of sp³-hybridized carbons (Fsp3) is 0.538. The Morgan fingerprint density at radius 1 is 1.07 bits per heavy atom. The van der Waals surface area contributed by atoms with Gasteiger partial charge in [-0.15, -0.1) is 0 Å². The number of hydrogen-bond acceptors (Lipinski definition) is 0. The molecule has 0 heterocycles. The minimum atomic E-state index is 0.958. The number of hydrogen-bond donors (Lipinski definition) is 0. The first-order chi connectivity index (χ1) is 6.86. The maximum absolute atomic E-state index is 2.46. The third-order valence-corrected chi connectivity index (χ3v) is 4.24. The van der Waals surface area contributed by atoms with E-state index in [0.29, 0.717) is 0 Å². The van der Waals surface area contributed by atoms with Crippen LogP contribution in [0.4, 0.5) is 0 Å². The van der Waals surface area contributed by atoms with Gasteiger partial charge in [0.05, 0.1) is 0 Å². The number of halogens is 1. The zero-order valence-electron chi connectivity index (χ0n) is 8.51. The monoisotopic (exact) mass is 300 g/mol. The summed E-state index contributed by atoms with van der Waals surface area (Å²) in [5, 5.41) is 0. The maximum Gasteiger partial charge on any atom is 0.0162 e. The highest BCUT2D eigenvalue weighted by Gasteiger charge is 2.14. The quantitative estimate of drug-likeness (QED) is 0.710. The first-order valence-corrected chi connectivity index (χ1v) is 6.67. The molecule has 0 radical (unpaired) electrons. The Hall–Kier alpha value is -0.0500. The lowest BCUT2D eigenvalue weighted by Crippen LogP contribution is -2.09. The fourth-order valence-corrected chi connectivity index (χ4v) is 2.97. The molecule has 0 aliphatic heterocycles. The Morgan fingerprint density at radius 2 is 1.79 bits per heavy atom. The van der Waals surface area contributed by atoms with Crippen LogP contribution in [0.25, 0.3) is 0 Å². The van der Waals surface area contributed by atoms with Gasteiger partial charge in [0.15, 0.2) is 0 Å². The Bertz CT molecular complexity index is 287. The zero-order chi connectivity index (χ0) is 9.80. The molecule has 0 N–H and O–H groups in total. The van der Waals surface area contributed by atoms with Gasteiger partial charge >= 0.3 is 0 Å². The Morgan fingerprint density at radius 3 is 2.50 bits per heavy atom. The first-order valence-electron chi connectivity index (χ1n) is 5.59. The van der Waals surface area contributed by atoms with E-state index in [9.17, 15) is 0 Å². The molecule has 1 aromatic carbocycles. The highest BCUT2D eigenvalue weighted by molar-refractivity contribution is 14.1. The third kappa shape index (κ3) is 2.72. The second-order valence-electron chi connectivity index (χ2n) is 4.30. The molecule has 1 heteroatoms. The van der Waals surface area contributed by atoms with Gasteiger partial charge in [0.2, 0.25) is 0 Å². The summed E-state index contributed by atoms with van der Waals surface area (Å²) in [6, 6.07) is 8.81. The first kappa shape index (κ1) is 10.5. The van der Waals surface area contributed by atoms with Crippen LogP contribution in [-0.2, 0) is 6.42 Å². The van der Waals surface area contributed by atoms with Crippen molar-refractivity contribution in [3.05, 3.63) is 33.4 Å². The van der Waals surface area contributed by atoms with Gasteiger partial charge in [0.25, 0.3) is 0 Å². The van der Waals surface area contributed by atoms with Gasteiger partial charge < -0.3 is 0 Å². The molecule has 0 nitrogen and oxygen atoms in total. The molecule has 76 valence electrons. The lowest BCUT2D eigenvalue weighted by atomic mass is 9.85. The van der Waals surface area contributed by atoms with Crippen LogP contribution in [0.15, 0.2) is 24.3 Å². The van der Waals surface area contributed by atoms with E-state index in [2.05, 4.69) is 46.9 Å². The minimum Gasteiger partial charge on any atom is -0.0619 e. The van der Waals surface area contributed by atoms with Gasteiger partial charge in [-0.3, -0.25) is 0 Å². The van der Waals surface area contributed by atoms with Crippen molar-refractivity contribution in [1.29, 1.82) is 0 Å². The topological polar surface area (TPSA) is 0 Å². The summed E-state index contributed by atoms with van der Waals surface area (Å²) in [4.78, 5) is 0. The van der Waals surface area contributed by atoms with Crippen molar-refractivity contribution in [2.45, 2.75) is 38.5 Å². The normalized spacial score (nSPS) is 18.4. The van der Waals surface area contributed by atoms with Gasteiger partial charge in [-0.1, -0.05) is 50.3 Å². The molecule has 1 fully saturated rings. The molecule has 1 aliphatic rings. The molecule has 2 rings (SSSR count). The molecule has 0 bridgehead atoms. The van der Waals surface area contributed by atoms with Gasteiger partial charge in [-0.25, -0.2) is 0 Å². The summed E-state index contributed by atoms with van der Waals surface area (Å²) < 4.78 is 1.44. The average Bonchev–Trinajstić information content (AvgIpc) is 2.23. The molecule has 14 heavy (non-hydrogen) atoms. The SMILES string of the molecule is Ic1ccccc1CC1CCCCC1. The predicted octanol–water partition coefficient (Wildman–Crippen LogP) is 4.41. The Balaban J connectivity index is 1.99. The van der Waals surface area contributed by atoms with Crippen LogP contribution in [-0.4, -0.2) is 0 Å². The average molecular weight is 300 g/mol. The van der Waals surface area contributed by atoms with Crippen molar-refractivity contribution in [2.75, 3.05) is 0 Å². The van der Waals surface area contributed by atoms with Crippen molar-refractivity contribution in [3.63, 3.8) is 0 Å². The van der Waals surface area contributed by atoms with Gasteiger partial charge in [0, 0.05) is 3.57 Å². The van der Waals surface area contributed by atoms with Gasteiger partial charge in [0.1, 0.15) is 0 Å². The second kappa shape index (κ2) is 5.15. The Kier molecular flexibility index (Phi) is 3.85. The summed E-state index contributed by atoms with van der Waals surface area (Å²) in [7, 11) is 0. The van der Waals surface area contributed by atoms with E-state index in [-0.39, 0.29) is 0 Å². The lowest BCUT2D eigenvalue weighted by Gasteiger charge is -2.21. The summed E-state index contributed by atoms with van der Waals surface area (Å²) in [6.07, 6.45) is 8.57. The summed E-state index contributed by atoms with van der Waals surface area (Å²) in [5.74, 6) is 0.958. The zero-order valence-corrected chi connectivity index (χ0v) is 10.7. The molecule has 0 unspecified atom stereocenters. The summed E-state index contributed by atoms with van der Waals surface area (Å²) >= 11 is 2.46. The molecule has 0 aromatic heterocycles. The third-order valence-electron chi connectivity index (χ3n) is 3.19. The lowest BCUT2D eigenvalue weighted by molar-refractivity contribution is 0.356. The molecular formula is C13H17I. The van der Waals surface area contributed by atoms with E-state index in [1.54, 1.807) is 5.56 Å². The van der Waals surface area contributed by atoms with Crippen molar-refractivity contribution >= 4 is 22.6 Å². The molecule has 1 saturated carbocycles. The van der Waals surface area contributed by atoms with Crippen molar-refractivity contribution in [3.8, 4) is 0 Å². The Labute approximate surface area is 100 Å². The second-order valence-corrected chi connectivity index (χ2v) is 5.46. The number of benzene rings is 1. The van der Waals surface area contributed by atoms with Crippen LogP contribution in [0.3, 0.4) is 0 Å². The minimum absolute atomic E-state index is 0.958. The van der Waals surface area contributed by atoms with Crippen LogP contribution in [0.1, 0.15) is 37.7 Å². The number of rotatable bonds is 2. The largest absolute Gasteiger partial charge is 0.0619 e. The van der Waals surface area contributed by atoms with Crippen LogP contribution in [0.2, 0.25) is 0 Å². The highest BCUT2D eigenvalue weighted by atomic mass is 127. The molecule has 0 amide bonds. The predicted molar refractivity (Wildman–Crippen MR) is 69.4 cm³/mol. The molecule has 1 aliphatic carbocycles. The molecule has 1 aromatic rings. The summed E-state index contributed by atoms with van der Waals surface area (Å²) in [5.41, 5.74) is 1.56. The van der Waals surface area contributed by atoms with Crippen LogP contribution in [0, 0.1) is 9.49 Å². The standard InChI is InChI=1S/C13H17I/c14-13-9-5-4-8-12(13)10-11-6-2-1-3-7-11/h4-5,8-9,11H,1-3,6-7,10H2. The molecule has 0 saturated heterocycles. The fourth-order valence-electron chi connectivity index (χ4n) is 2.37. The van der Waals surface area contributed by atoms with E-state index in [0.717, 1.165) is 5.92 Å². The smallest absolute Gasteiger partial charge is 0.0162 e. The van der Waals surface area contributed by atoms with E-state index < -0.39 is 0 Å². The van der Waals surface area contributed by atoms with Crippen LogP contribution >= 0.6 is 22.6 Å². The highest BCUT2D eigenvalue weighted by Crippen LogP contribution is 2.28. The summed E-state index contributed by atoms with van der Waals surface area (Å²) in [6.45, 7) is 0. The van der Waals surface area contributed by atoms with E-state index >= 15 is 0 Å². The van der Waals surface area contributed by atoms with Crippen molar-refractivity contribution < 1.29 is 0 Å². The van der Waals surface area contributed by atoms with E-state index in [1.807, 2.05) is 0 Å². The van der Waals surface area contributed by atoms with Crippen LogP contribution < -0.4 is 0 Å². The van der Waals surface area contributed by atoms with E-state index in [1.165, 1.54) is 42.1 Å². The van der Waals surface area contributed by atoms with Crippen molar-refractivity contribution in [2.24, 2.45) is 5.92 Å². The molecule has 0 atom stereocenters.